The van der Waals surface area contributed by atoms with E-state index in [1.165, 1.54) is 0 Å². The molecule has 352 valence electrons. The molecule has 7 aliphatic heterocycles. The first-order valence-electron chi connectivity index (χ1n) is 23.4. The highest BCUT2D eigenvalue weighted by atomic mass is 17.0. The molecule has 0 aliphatic carbocycles. The minimum atomic E-state index is -3.52. The molecule has 16 nitrogen and oxygen atoms in total. The number of allylic oxidation sites excluding steroid dienone is 1. The highest BCUT2D eigenvalue weighted by Gasteiger charge is 2.73. The smallest absolute Gasteiger partial charge is 0.504 e. The average Bonchev–Trinajstić information content (AvgIpc) is 3.84. The number of carbonyl (C=O) groups excluding carboxylic acids is 3. The number of carbonyl (C=O) groups is 3. The zero-order valence-electron chi connectivity index (χ0n) is 38.6. The van der Waals surface area contributed by atoms with Crippen molar-refractivity contribution in [2.24, 2.45) is 28.6 Å². The van der Waals surface area contributed by atoms with Crippen LogP contribution >= 0.6 is 0 Å². The first kappa shape index (κ1) is 47.8. The minimum absolute atomic E-state index is 0.0893. The molecule has 0 radical (unpaired) electrons. The number of esters is 3. The molecule has 17 atom stereocenters. The molecule has 7 heterocycles. The number of rotatable bonds is 4. The summed E-state index contributed by atoms with van der Waals surface area (Å²) in [5, 5.41) is 23.6. The Bertz CT molecular complexity index is 1680. The molecule has 7 rings (SSSR count). The van der Waals surface area contributed by atoms with Gasteiger partial charge in [-0.05, 0) is 71.6 Å². The van der Waals surface area contributed by atoms with Crippen LogP contribution in [0.15, 0.2) is 12.2 Å². The predicted octanol–water partition coefficient (Wildman–Crippen LogP) is 4.17. The molecule has 0 aromatic carbocycles. The number of cyclic esters (lactones) is 1. The largest absolute Gasteiger partial charge is 0.536 e. The van der Waals surface area contributed by atoms with Crippen molar-refractivity contribution in [1.82, 2.24) is 0 Å². The zero-order chi connectivity index (χ0) is 45.2. The lowest BCUT2D eigenvalue weighted by Crippen LogP contribution is -2.68. The molecule has 0 aromatic heterocycles. The summed E-state index contributed by atoms with van der Waals surface area (Å²) >= 11 is 0. The minimum Gasteiger partial charge on any atom is -0.504 e. The first-order chi connectivity index (χ1) is 29.0. The monoisotopic (exact) mass is 880 g/mol. The van der Waals surface area contributed by atoms with Crippen LogP contribution < -0.4 is 5.73 Å². The van der Waals surface area contributed by atoms with Crippen LogP contribution in [0.1, 0.15) is 140 Å². The second kappa shape index (κ2) is 17.9. The Labute approximate surface area is 366 Å². The molecule has 17 heteroatoms. The Kier molecular flexibility index (Phi) is 13.8. The van der Waals surface area contributed by atoms with Gasteiger partial charge in [-0.1, -0.05) is 67.5 Å². The first-order valence-corrected chi connectivity index (χ1v) is 23.4. The zero-order valence-corrected chi connectivity index (χ0v) is 38.6. The Morgan fingerprint density at radius 3 is 1.90 bits per heavy atom. The third kappa shape index (κ3) is 8.78. The standard InChI is InChI=1S/C45H73BNO15/c1-24(2)36(47)39(50)54-27(5)30-16-12-11-13-17-32(48)42(7,8)34-21-19-26(4)45(57-34)38-41(52)56-31-23-29(53-28(31)6)15-14-18-33(49)43(9,10)35-22-20-25(3)44(58-35)37(40(51)55-30)59-46(60-38,61-44)62-45/h11-12,24-38,48-49H,13-23,47H2,1-10H3/q-1/p+1/b12-11+/t25?,26?,27?,28?,29?,30?,31?,32?,33?,34?,35?,36?,37-,38?,44-,45?,46+/m0/s1. The number of ether oxygens (including phenoxy) is 6. The summed E-state index contributed by atoms with van der Waals surface area (Å²) in [6.45, 7) is 15.3. The van der Waals surface area contributed by atoms with Crippen LogP contribution in [0.2, 0.25) is 0 Å². The fourth-order valence-electron chi connectivity index (χ4n) is 10.6. The van der Waals surface area contributed by atoms with Crippen molar-refractivity contribution in [3.63, 3.8) is 0 Å². The maximum Gasteiger partial charge on any atom is 0.536 e. The van der Waals surface area contributed by atoms with E-state index in [4.69, 9.17) is 47.0 Å². The number of hydrogen-bond acceptors (Lipinski definition) is 15. The molecule has 6 fully saturated rings. The molecule has 0 aromatic rings. The van der Waals surface area contributed by atoms with Crippen molar-refractivity contribution >= 4 is 24.9 Å². The fraction of sp³-hybridized carbons (Fsp3) is 0.889. The van der Waals surface area contributed by atoms with Crippen LogP contribution in [0.3, 0.4) is 0 Å². The normalized spacial score (nSPS) is 46.3. The molecule has 3 spiro atoms. The molecule has 62 heavy (non-hydrogen) atoms. The summed E-state index contributed by atoms with van der Waals surface area (Å²) in [7, 11) is 0. The molecule has 6 saturated heterocycles. The van der Waals surface area contributed by atoms with Gasteiger partial charge < -0.3 is 63.0 Å². The van der Waals surface area contributed by atoms with E-state index in [1.807, 2.05) is 74.5 Å². The molecule has 9 bridgehead atoms. The second-order valence-corrected chi connectivity index (χ2v) is 21.0. The summed E-state index contributed by atoms with van der Waals surface area (Å²) in [5.74, 6) is -7.04. The van der Waals surface area contributed by atoms with Crippen LogP contribution in [-0.4, -0.2) is 120 Å². The van der Waals surface area contributed by atoms with Gasteiger partial charge in [-0.2, -0.15) is 0 Å². The topological polar surface area (TPSA) is 212 Å². The highest BCUT2D eigenvalue weighted by Crippen LogP contribution is 2.57. The highest BCUT2D eigenvalue weighted by molar-refractivity contribution is 6.56. The predicted molar refractivity (Wildman–Crippen MR) is 222 cm³/mol. The van der Waals surface area contributed by atoms with Crippen molar-refractivity contribution in [1.29, 1.82) is 0 Å². The van der Waals surface area contributed by atoms with Crippen LogP contribution in [0, 0.1) is 28.6 Å². The lowest BCUT2D eigenvalue weighted by molar-refractivity contribution is -0.419. The quantitative estimate of drug-likeness (QED) is 0.157. The molecule has 0 saturated carbocycles. The molecular weight excluding hydrogens is 805 g/mol. The number of aliphatic hydroxyl groups excluding tert-OH is 2. The second-order valence-electron chi connectivity index (χ2n) is 21.0. The Balaban J connectivity index is 1.36. The summed E-state index contributed by atoms with van der Waals surface area (Å²) in [6.07, 6.45) is -0.138. The van der Waals surface area contributed by atoms with E-state index in [9.17, 15) is 19.8 Å². The van der Waals surface area contributed by atoms with E-state index >= 15 is 4.79 Å². The van der Waals surface area contributed by atoms with Crippen molar-refractivity contribution in [3.05, 3.63) is 12.2 Å². The van der Waals surface area contributed by atoms with Gasteiger partial charge in [-0.15, -0.1) is 0 Å². The van der Waals surface area contributed by atoms with E-state index in [0.717, 1.165) is 0 Å². The number of hydrogen-bond donors (Lipinski definition) is 3. The van der Waals surface area contributed by atoms with E-state index in [1.54, 1.807) is 6.92 Å². The lowest BCUT2D eigenvalue weighted by atomic mass is 9.73. The van der Waals surface area contributed by atoms with Gasteiger partial charge in [0.05, 0.1) is 36.6 Å². The molecular formula is C45H74BNO15. The number of aliphatic hydroxyl groups is 2. The van der Waals surface area contributed by atoms with Crippen molar-refractivity contribution < 1.29 is 77.4 Å². The Morgan fingerprint density at radius 2 is 1.34 bits per heavy atom. The third-order valence-corrected chi connectivity index (χ3v) is 15.6. The van der Waals surface area contributed by atoms with Crippen molar-refractivity contribution in [2.75, 3.05) is 0 Å². The SMILES string of the molecule is CC(C)C([NH3+])C(=O)OC(C)C1C/C=C/CCC(O)C(C)(C)C2CCC(C)C3(O2)O[B@-]24OC3C(=O)OC3CC(CCCC(O)C(C)(C)C5CCC(C)[C@](O5)(O2)[C@@H](O4)C(=O)O1)OC3C. The van der Waals surface area contributed by atoms with Gasteiger partial charge in [0.15, 0.2) is 29.8 Å². The van der Waals surface area contributed by atoms with Gasteiger partial charge in [0.2, 0.25) is 0 Å². The van der Waals surface area contributed by atoms with Crippen LogP contribution in [0.5, 0.6) is 0 Å². The lowest BCUT2D eigenvalue weighted by Gasteiger charge is -2.52. The van der Waals surface area contributed by atoms with E-state index in [0.29, 0.717) is 64.2 Å². The molecule has 14 unspecified atom stereocenters. The van der Waals surface area contributed by atoms with E-state index in [-0.39, 0.29) is 18.4 Å². The summed E-state index contributed by atoms with van der Waals surface area (Å²) in [6, 6.07) is -0.652. The van der Waals surface area contributed by atoms with Gasteiger partial charge in [0.1, 0.15) is 18.3 Å². The van der Waals surface area contributed by atoms with Gasteiger partial charge in [0.25, 0.3) is 0 Å². The number of fused-ring (bicyclic) bond motifs is 6. The van der Waals surface area contributed by atoms with E-state index < -0.39 is 126 Å². The maximum atomic E-state index is 15.0. The number of quaternary nitrogens is 1. The van der Waals surface area contributed by atoms with Crippen LogP contribution in [0.25, 0.3) is 0 Å². The van der Waals surface area contributed by atoms with Crippen LogP contribution in [-0.2, 0) is 61.4 Å². The molecule has 5 N–H and O–H groups in total. The van der Waals surface area contributed by atoms with Crippen molar-refractivity contribution in [2.45, 2.75) is 225 Å². The average molecular weight is 880 g/mol. The van der Waals surface area contributed by atoms with Gasteiger partial charge >= 0.3 is 24.9 Å². The Hall–Kier alpha value is -2.19. The third-order valence-electron chi connectivity index (χ3n) is 15.6. The van der Waals surface area contributed by atoms with Gasteiger partial charge in [-0.3, -0.25) is 0 Å². The maximum absolute atomic E-state index is 15.0. The van der Waals surface area contributed by atoms with Crippen molar-refractivity contribution in [3.8, 4) is 0 Å². The van der Waals surface area contributed by atoms with Gasteiger partial charge in [-0.25, -0.2) is 14.4 Å². The van der Waals surface area contributed by atoms with E-state index in [2.05, 4.69) is 5.73 Å². The molecule has 7 aliphatic rings. The summed E-state index contributed by atoms with van der Waals surface area (Å²) in [5.41, 5.74) is 2.31. The van der Waals surface area contributed by atoms with Gasteiger partial charge in [0, 0.05) is 41.4 Å². The fourth-order valence-corrected chi connectivity index (χ4v) is 10.6. The van der Waals surface area contributed by atoms with Crippen LogP contribution in [0.4, 0.5) is 0 Å². The Morgan fingerprint density at radius 1 is 0.790 bits per heavy atom. The summed E-state index contributed by atoms with van der Waals surface area (Å²) < 4.78 is 66.1. The summed E-state index contributed by atoms with van der Waals surface area (Å²) in [4.78, 5) is 43.0. The molecule has 0 amide bonds.